The van der Waals surface area contributed by atoms with Crippen molar-refractivity contribution >= 4 is 58.0 Å². The summed E-state index contributed by atoms with van der Waals surface area (Å²) in [6.45, 7) is 7.50. The highest BCUT2D eigenvalue weighted by Gasteiger charge is 2.48. The minimum absolute atomic E-state index is 0.0226. The molecule has 0 fully saturated rings. The van der Waals surface area contributed by atoms with E-state index in [9.17, 15) is 24.3 Å². The van der Waals surface area contributed by atoms with E-state index < -0.39 is 35.5 Å². The van der Waals surface area contributed by atoms with E-state index in [4.69, 9.17) is 28.9 Å². The zero-order valence-corrected chi connectivity index (χ0v) is 23.5. The molecule has 10 nitrogen and oxygen atoms in total. The lowest BCUT2D eigenvalue weighted by Gasteiger charge is -2.41. The van der Waals surface area contributed by atoms with Gasteiger partial charge in [-0.2, -0.15) is 0 Å². The quantitative estimate of drug-likeness (QED) is 0.302. The zero-order valence-electron chi connectivity index (χ0n) is 22.0. The van der Waals surface area contributed by atoms with E-state index in [1.807, 2.05) is 20.8 Å². The monoisotopic (exact) mass is 567 g/mol. The molecule has 208 valence electrons. The van der Waals surface area contributed by atoms with Crippen LogP contribution in [-0.4, -0.2) is 57.1 Å². The van der Waals surface area contributed by atoms with Gasteiger partial charge in [-0.3, -0.25) is 14.5 Å². The molecule has 3 unspecified atom stereocenters. The number of rotatable bonds is 9. The Kier molecular flexibility index (Phi) is 9.20. The first-order valence-electron chi connectivity index (χ1n) is 12.7. The number of aromatic amines is 1. The van der Waals surface area contributed by atoms with Crippen LogP contribution in [0, 0.1) is 11.8 Å². The van der Waals surface area contributed by atoms with Crippen molar-refractivity contribution in [1.82, 2.24) is 20.5 Å². The third-order valence-corrected chi connectivity index (χ3v) is 8.07. The number of halogens is 2. The number of nitrogens with zero attached hydrogens (tertiary/aromatic N) is 1. The molecule has 6 N–H and O–H groups in total. The van der Waals surface area contributed by atoms with Gasteiger partial charge in [0.1, 0.15) is 11.6 Å². The molecule has 38 heavy (non-hydrogen) atoms. The van der Waals surface area contributed by atoms with Gasteiger partial charge in [-0.15, -0.1) is 0 Å². The highest BCUT2D eigenvalue weighted by Crippen LogP contribution is 2.39. The average Bonchev–Trinajstić information content (AvgIpc) is 3.22. The van der Waals surface area contributed by atoms with E-state index in [0.717, 1.165) is 16.2 Å². The summed E-state index contributed by atoms with van der Waals surface area (Å²) in [6, 6.07) is 1.33. The Hall–Kier alpha value is -2.98. The summed E-state index contributed by atoms with van der Waals surface area (Å²) in [6.07, 6.45) is 0.429. The first kappa shape index (κ1) is 29.6. The molecule has 5 amide bonds. The van der Waals surface area contributed by atoms with Crippen LogP contribution in [-0.2, 0) is 22.4 Å². The predicted octanol–water partition coefficient (Wildman–Crippen LogP) is 4.45. The molecule has 1 aromatic heterocycles. The molecule has 0 aliphatic heterocycles. The molecule has 1 aromatic carbocycles. The van der Waals surface area contributed by atoms with Gasteiger partial charge in [0.05, 0.1) is 10.5 Å². The number of aromatic nitrogens is 1. The number of nitrogens with one attached hydrogen (secondary N) is 3. The summed E-state index contributed by atoms with van der Waals surface area (Å²) >= 11 is 12.7. The Labute approximate surface area is 231 Å². The number of fused-ring (bicyclic) bond motifs is 3. The molecule has 0 radical (unpaired) electrons. The number of imide groups is 1. The SMILES string of the molecule is CCC(C)CN(C(N)=O)C(=O)C1(NC(=O)[C@@H](NC(=O)O)C(C)CC)CCc2[nH]c3c(Cl)cc(Cl)cc3c2C1. The van der Waals surface area contributed by atoms with Crippen molar-refractivity contribution in [2.24, 2.45) is 17.6 Å². The highest BCUT2D eigenvalue weighted by molar-refractivity contribution is 6.38. The van der Waals surface area contributed by atoms with Crippen molar-refractivity contribution in [3.05, 3.63) is 33.4 Å². The number of hydrogen-bond acceptors (Lipinski definition) is 4. The average molecular weight is 569 g/mol. The molecule has 2 aromatic rings. The Morgan fingerprint density at radius 1 is 1.18 bits per heavy atom. The zero-order chi connectivity index (χ0) is 28.4. The number of H-pyrrole nitrogens is 1. The number of primary amides is 1. The number of urea groups is 1. The van der Waals surface area contributed by atoms with Crippen LogP contribution >= 0.6 is 23.2 Å². The molecule has 12 heteroatoms. The van der Waals surface area contributed by atoms with Crippen molar-refractivity contribution in [3.8, 4) is 0 Å². The number of carbonyl (C=O) groups is 4. The summed E-state index contributed by atoms with van der Waals surface area (Å²) in [5, 5.41) is 16.0. The molecule has 0 bridgehead atoms. The number of amides is 5. The van der Waals surface area contributed by atoms with Gasteiger partial charge in [-0.25, -0.2) is 9.59 Å². The lowest BCUT2D eigenvalue weighted by Crippen LogP contribution is -2.66. The normalized spacial score (nSPS) is 19.2. The number of hydrogen-bond donors (Lipinski definition) is 5. The predicted molar refractivity (Wildman–Crippen MR) is 146 cm³/mol. The van der Waals surface area contributed by atoms with E-state index in [2.05, 4.69) is 15.6 Å². The molecule has 0 saturated carbocycles. The number of benzene rings is 1. The second-order valence-corrected chi connectivity index (χ2v) is 11.1. The standard InChI is InChI=1S/C26H35Cl2N5O5/c1-5-13(3)12-33(24(29)36)23(35)26(32-22(34)20(14(4)6-2)31-25(37)38)8-7-19-17(11-26)16-9-15(27)10-18(28)21(16)30-19/h9-10,13-14,20,30-31H,5-8,11-12H2,1-4H3,(H2,29,36)(H,32,34)(H,37,38)/t13?,14?,20-,26?/m0/s1. The summed E-state index contributed by atoms with van der Waals surface area (Å²) in [5.74, 6) is -1.66. The second kappa shape index (κ2) is 11.8. The van der Waals surface area contributed by atoms with Gasteiger partial charge in [-0.1, -0.05) is 63.7 Å². The van der Waals surface area contributed by atoms with E-state index in [-0.39, 0.29) is 31.2 Å². The summed E-state index contributed by atoms with van der Waals surface area (Å²) in [4.78, 5) is 56.0. The van der Waals surface area contributed by atoms with Gasteiger partial charge in [0.2, 0.25) is 5.91 Å². The minimum atomic E-state index is -1.55. The molecule has 3 rings (SSSR count). The number of nitrogens with two attached hydrogens (primary N) is 1. The second-order valence-electron chi connectivity index (χ2n) is 10.2. The highest BCUT2D eigenvalue weighted by atomic mass is 35.5. The fourth-order valence-electron chi connectivity index (χ4n) is 4.93. The fraction of sp³-hybridized carbons (Fsp3) is 0.538. The molecular weight excluding hydrogens is 533 g/mol. The molecular formula is C26H35Cl2N5O5. The Morgan fingerprint density at radius 2 is 1.87 bits per heavy atom. The Balaban J connectivity index is 2.12. The lowest BCUT2D eigenvalue weighted by atomic mass is 9.78. The minimum Gasteiger partial charge on any atom is -0.465 e. The molecule has 0 saturated heterocycles. The van der Waals surface area contributed by atoms with Gasteiger partial charge in [0.15, 0.2) is 0 Å². The van der Waals surface area contributed by atoms with Crippen LogP contribution in [0.3, 0.4) is 0 Å². The smallest absolute Gasteiger partial charge is 0.405 e. The van der Waals surface area contributed by atoms with E-state index in [1.165, 1.54) is 0 Å². The van der Waals surface area contributed by atoms with Crippen LogP contribution in [0.15, 0.2) is 12.1 Å². The topological polar surface area (TPSA) is 158 Å². The lowest BCUT2D eigenvalue weighted by molar-refractivity contribution is -0.141. The van der Waals surface area contributed by atoms with Gasteiger partial charge in [0, 0.05) is 29.1 Å². The summed E-state index contributed by atoms with van der Waals surface area (Å²) in [5.41, 5.74) is 6.35. The van der Waals surface area contributed by atoms with Gasteiger partial charge < -0.3 is 26.5 Å². The van der Waals surface area contributed by atoms with Crippen LogP contribution in [0.1, 0.15) is 58.2 Å². The number of aryl methyl sites for hydroxylation is 1. The maximum absolute atomic E-state index is 14.1. The van der Waals surface area contributed by atoms with Crippen molar-refractivity contribution in [3.63, 3.8) is 0 Å². The van der Waals surface area contributed by atoms with Crippen LogP contribution in [0.2, 0.25) is 10.0 Å². The van der Waals surface area contributed by atoms with Gasteiger partial charge in [-0.05, 0) is 42.4 Å². The summed E-state index contributed by atoms with van der Waals surface area (Å²) < 4.78 is 0. The summed E-state index contributed by atoms with van der Waals surface area (Å²) in [7, 11) is 0. The molecule has 1 aliphatic rings. The maximum Gasteiger partial charge on any atom is 0.405 e. The first-order chi connectivity index (χ1) is 17.8. The van der Waals surface area contributed by atoms with Crippen LogP contribution in [0.25, 0.3) is 10.9 Å². The van der Waals surface area contributed by atoms with Crippen molar-refractivity contribution < 1.29 is 24.3 Å². The first-order valence-corrected chi connectivity index (χ1v) is 13.5. The van der Waals surface area contributed by atoms with E-state index in [0.29, 0.717) is 40.2 Å². The largest absolute Gasteiger partial charge is 0.465 e. The van der Waals surface area contributed by atoms with Crippen molar-refractivity contribution in [2.45, 2.75) is 71.4 Å². The van der Waals surface area contributed by atoms with Crippen LogP contribution in [0.5, 0.6) is 0 Å². The van der Waals surface area contributed by atoms with Crippen molar-refractivity contribution in [1.29, 1.82) is 0 Å². The van der Waals surface area contributed by atoms with Crippen LogP contribution in [0.4, 0.5) is 9.59 Å². The van der Waals surface area contributed by atoms with Gasteiger partial charge >= 0.3 is 12.1 Å². The van der Waals surface area contributed by atoms with Crippen LogP contribution < -0.4 is 16.4 Å². The third kappa shape index (κ3) is 6.02. The van der Waals surface area contributed by atoms with Gasteiger partial charge in [0.25, 0.3) is 5.91 Å². The molecule has 1 heterocycles. The van der Waals surface area contributed by atoms with Crippen molar-refractivity contribution in [2.75, 3.05) is 6.54 Å². The number of carbonyl (C=O) groups excluding carboxylic acids is 3. The third-order valence-electron chi connectivity index (χ3n) is 7.55. The van der Waals surface area contributed by atoms with E-state index >= 15 is 0 Å². The molecule has 0 spiro atoms. The maximum atomic E-state index is 14.1. The molecule has 1 aliphatic carbocycles. The fourth-order valence-corrected chi connectivity index (χ4v) is 5.48. The number of carboxylic acid groups (broad SMARTS) is 1. The Morgan fingerprint density at radius 3 is 2.45 bits per heavy atom. The molecule has 4 atom stereocenters. The Bertz CT molecular complexity index is 1250. The van der Waals surface area contributed by atoms with E-state index in [1.54, 1.807) is 19.1 Å².